The summed E-state index contributed by atoms with van der Waals surface area (Å²) in [7, 11) is 1.73. The summed E-state index contributed by atoms with van der Waals surface area (Å²) in [6, 6.07) is 4.84. The lowest BCUT2D eigenvalue weighted by atomic mass is 10.0. The van der Waals surface area contributed by atoms with Crippen LogP contribution in [0.1, 0.15) is 23.1 Å². The van der Waals surface area contributed by atoms with E-state index in [-0.39, 0.29) is 0 Å². The Balaban J connectivity index is 2.14. The molecular weight excluding hydrogens is 252 g/mol. The maximum Gasteiger partial charge on any atom is 0.140 e. The highest BCUT2D eigenvalue weighted by Gasteiger charge is 2.28. The highest BCUT2D eigenvalue weighted by molar-refractivity contribution is 5.43. The summed E-state index contributed by atoms with van der Waals surface area (Å²) in [5.74, 6) is 0.972. The normalized spacial score (nSPS) is 22.8. The van der Waals surface area contributed by atoms with Crippen LogP contribution >= 0.6 is 0 Å². The van der Waals surface area contributed by atoms with Gasteiger partial charge in [-0.05, 0) is 37.1 Å². The van der Waals surface area contributed by atoms with Gasteiger partial charge in [0.25, 0.3) is 0 Å². The van der Waals surface area contributed by atoms with Crippen LogP contribution in [0.2, 0.25) is 0 Å². The molecule has 2 unspecified atom stereocenters. The van der Waals surface area contributed by atoms with Gasteiger partial charge in [-0.15, -0.1) is 0 Å². The smallest absolute Gasteiger partial charge is 0.140 e. The third kappa shape index (κ3) is 3.32. The number of aliphatic hydroxyl groups excluding tert-OH is 1. The molecule has 0 spiro atoms. The first-order valence-corrected chi connectivity index (χ1v) is 7.57. The molecule has 112 valence electrons. The molecule has 20 heavy (non-hydrogen) atoms. The molecule has 0 radical (unpaired) electrons. The number of methoxy groups -OCH3 is 1. The van der Waals surface area contributed by atoms with Crippen molar-refractivity contribution in [3.8, 4) is 5.75 Å². The predicted octanol–water partition coefficient (Wildman–Crippen LogP) is -0.975. The van der Waals surface area contributed by atoms with E-state index in [1.807, 2.05) is 0 Å². The summed E-state index contributed by atoms with van der Waals surface area (Å²) < 4.78 is 5.39. The topological polar surface area (TPSA) is 50.5 Å². The number of ether oxygens (including phenoxy) is 1. The zero-order valence-corrected chi connectivity index (χ0v) is 12.9. The lowest BCUT2D eigenvalue weighted by molar-refractivity contribution is -0.982. The molecule has 0 amide bonds. The van der Waals surface area contributed by atoms with Crippen molar-refractivity contribution in [2.75, 3.05) is 33.4 Å². The van der Waals surface area contributed by atoms with Gasteiger partial charge in [0, 0.05) is 18.6 Å². The van der Waals surface area contributed by atoms with Crippen LogP contribution in [0.25, 0.3) is 0 Å². The molecule has 0 bridgehead atoms. The van der Waals surface area contributed by atoms with Crippen LogP contribution in [-0.2, 0) is 6.54 Å². The Hall–Kier alpha value is -1.10. The average Bonchev–Trinajstić information content (AvgIpc) is 2.46. The molecule has 4 heteroatoms. The van der Waals surface area contributed by atoms with Crippen LogP contribution in [0.4, 0.5) is 0 Å². The number of rotatable bonds is 5. The summed E-state index contributed by atoms with van der Waals surface area (Å²) in [6.45, 7) is 9.15. The standard InChI is InChI=1S/C16H26N2O2/c1-12-13(2)16(20-3)5-4-14(12)11-18-8-7-17-10-15(18)6-9-19/h4-5,15,17,19H,6-11H2,1-3H3/p+2. The van der Waals surface area contributed by atoms with Crippen LogP contribution in [0.3, 0.4) is 0 Å². The Bertz CT molecular complexity index is 446. The lowest BCUT2D eigenvalue weighted by Gasteiger charge is -2.31. The van der Waals surface area contributed by atoms with E-state index in [0.29, 0.717) is 12.6 Å². The van der Waals surface area contributed by atoms with Crippen LogP contribution in [-0.4, -0.2) is 44.5 Å². The summed E-state index contributed by atoms with van der Waals surface area (Å²) in [5, 5.41) is 11.6. The highest BCUT2D eigenvalue weighted by atomic mass is 16.5. The number of quaternary nitrogens is 2. The van der Waals surface area contributed by atoms with Gasteiger partial charge in [-0.25, -0.2) is 0 Å². The Morgan fingerprint density at radius 1 is 1.35 bits per heavy atom. The Kier molecular flexibility index (Phi) is 5.40. The number of hydrogen-bond acceptors (Lipinski definition) is 2. The van der Waals surface area contributed by atoms with E-state index >= 15 is 0 Å². The first kappa shape index (κ1) is 15.3. The van der Waals surface area contributed by atoms with E-state index in [9.17, 15) is 5.11 Å². The lowest BCUT2D eigenvalue weighted by Crippen LogP contribution is -3.23. The minimum atomic E-state index is 0.294. The second-order valence-corrected chi connectivity index (χ2v) is 5.78. The number of piperazine rings is 1. The Labute approximate surface area is 121 Å². The van der Waals surface area contributed by atoms with Crippen molar-refractivity contribution < 1.29 is 20.1 Å². The summed E-state index contributed by atoms with van der Waals surface area (Å²) in [4.78, 5) is 1.61. The number of benzene rings is 1. The average molecular weight is 280 g/mol. The van der Waals surface area contributed by atoms with E-state index in [2.05, 4.69) is 31.3 Å². The maximum atomic E-state index is 9.23. The molecule has 1 saturated heterocycles. The predicted molar refractivity (Wildman–Crippen MR) is 79.2 cm³/mol. The largest absolute Gasteiger partial charge is 0.496 e. The van der Waals surface area contributed by atoms with E-state index in [4.69, 9.17) is 4.74 Å². The number of nitrogens with two attached hydrogens (primary N) is 1. The summed E-state index contributed by atoms with van der Waals surface area (Å²) in [5.41, 5.74) is 3.99. The molecule has 4 N–H and O–H groups in total. The third-order valence-electron chi connectivity index (χ3n) is 4.66. The van der Waals surface area contributed by atoms with Crippen molar-refractivity contribution in [2.45, 2.75) is 32.9 Å². The molecule has 1 aliphatic rings. The zero-order chi connectivity index (χ0) is 14.5. The van der Waals surface area contributed by atoms with E-state index in [1.165, 1.54) is 29.8 Å². The molecule has 4 nitrogen and oxygen atoms in total. The van der Waals surface area contributed by atoms with Gasteiger partial charge in [0.05, 0.1) is 7.11 Å². The second-order valence-electron chi connectivity index (χ2n) is 5.78. The fourth-order valence-corrected chi connectivity index (χ4v) is 3.20. The fraction of sp³-hybridized carbons (Fsp3) is 0.625. The van der Waals surface area contributed by atoms with Gasteiger partial charge in [-0.2, -0.15) is 0 Å². The first-order valence-electron chi connectivity index (χ1n) is 7.57. The molecule has 1 heterocycles. The van der Waals surface area contributed by atoms with Crippen molar-refractivity contribution in [2.24, 2.45) is 0 Å². The van der Waals surface area contributed by atoms with Gasteiger partial charge in [-0.1, -0.05) is 0 Å². The number of aliphatic hydroxyl groups is 1. The van der Waals surface area contributed by atoms with Gasteiger partial charge in [-0.3, -0.25) is 0 Å². The van der Waals surface area contributed by atoms with E-state index in [0.717, 1.165) is 25.3 Å². The summed E-state index contributed by atoms with van der Waals surface area (Å²) in [6.07, 6.45) is 0.903. The van der Waals surface area contributed by atoms with Gasteiger partial charge in [0.1, 0.15) is 38.0 Å². The van der Waals surface area contributed by atoms with Crippen molar-refractivity contribution in [3.05, 3.63) is 28.8 Å². The molecule has 1 fully saturated rings. The van der Waals surface area contributed by atoms with Gasteiger partial charge < -0.3 is 20.1 Å². The van der Waals surface area contributed by atoms with Crippen LogP contribution < -0.4 is 15.0 Å². The first-order chi connectivity index (χ1) is 9.67. The molecule has 0 aromatic heterocycles. The molecular formula is C16H28N2O2+2. The van der Waals surface area contributed by atoms with Crippen LogP contribution in [0.15, 0.2) is 12.1 Å². The van der Waals surface area contributed by atoms with Crippen molar-refractivity contribution >= 4 is 0 Å². The van der Waals surface area contributed by atoms with Gasteiger partial charge in [0.2, 0.25) is 0 Å². The Morgan fingerprint density at radius 3 is 2.85 bits per heavy atom. The monoisotopic (exact) mass is 280 g/mol. The van der Waals surface area contributed by atoms with Crippen molar-refractivity contribution in [3.63, 3.8) is 0 Å². The van der Waals surface area contributed by atoms with Crippen LogP contribution in [0, 0.1) is 13.8 Å². The van der Waals surface area contributed by atoms with Gasteiger partial charge in [0.15, 0.2) is 0 Å². The second kappa shape index (κ2) is 7.07. The molecule has 2 atom stereocenters. The number of nitrogens with one attached hydrogen (secondary N) is 1. The zero-order valence-electron chi connectivity index (χ0n) is 12.9. The quantitative estimate of drug-likeness (QED) is 0.650. The van der Waals surface area contributed by atoms with Crippen LogP contribution in [0.5, 0.6) is 5.75 Å². The molecule has 0 aliphatic carbocycles. The molecule has 1 aromatic carbocycles. The third-order valence-corrected chi connectivity index (χ3v) is 4.66. The van der Waals surface area contributed by atoms with E-state index in [1.54, 1.807) is 12.0 Å². The summed E-state index contributed by atoms with van der Waals surface area (Å²) >= 11 is 0. The van der Waals surface area contributed by atoms with Crippen molar-refractivity contribution in [1.82, 2.24) is 0 Å². The Morgan fingerprint density at radius 2 is 2.15 bits per heavy atom. The SMILES string of the molecule is COc1ccc(C[NH+]2CC[NH2+]CC2CCO)c(C)c1C. The molecule has 0 saturated carbocycles. The number of hydrogen-bond donors (Lipinski definition) is 3. The van der Waals surface area contributed by atoms with E-state index < -0.39 is 0 Å². The molecule has 1 aliphatic heterocycles. The molecule has 2 rings (SSSR count). The minimum Gasteiger partial charge on any atom is -0.496 e. The highest BCUT2D eigenvalue weighted by Crippen LogP contribution is 2.23. The fourth-order valence-electron chi connectivity index (χ4n) is 3.20. The minimum absolute atomic E-state index is 0.294. The van der Waals surface area contributed by atoms with Crippen molar-refractivity contribution in [1.29, 1.82) is 0 Å². The maximum absolute atomic E-state index is 9.23. The molecule has 1 aromatic rings. The van der Waals surface area contributed by atoms with Gasteiger partial charge >= 0.3 is 0 Å².